The number of aromatic nitrogens is 3. The molecule has 0 spiro atoms. The molecule has 0 saturated carbocycles. The van der Waals surface area contributed by atoms with Gasteiger partial charge < -0.3 is 5.11 Å². The van der Waals surface area contributed by atoms with Gasteiger partial charge in [-0.2, -0.15) is 0 Å². The Balaban J connectivity index is 1.79. The first-order valence-corrected chi connectivity index (χ1v) is 9.44. The van der Waals surface area contributed by atoms with Crippen LogP contribution in [0.5, 0.6) is 5.88 Å². The van der Waals surface area contributed by atoms with Crippen LogP contribution >= 0.6 is 34.5 Å². The van der Waals surface area contributed by atoms with Crippen LogP contribution in [0.15, 0.2) is 57.0 Å². The predicted octanol–water partition coefficient (Wildman–Crippen LogP) is 3.90. The standard InChI is InChI=1S/C18H10Cl2N4O3S/c19-9-1-4-11(5-2-9)24-16(26)12(15(25)23-18(24)27)8-21-17-22-13-6-3-10(20)7-14(13)28-17/h1-8,26H,(H,23,25,27). The number of aliphatic imine (C=N–C) groups is 1. The molecule has 7 nitrogen and oxygen atoms in total. The number of aromatic hydroxyl groups is 1. The molecule has 2 aromatic carbocycles. The molecule has 0 aliphatic heterocycles. The lowest BCUT2D eigenvalue weighted by Gasteiger charge is -2.09. The molecule has 4 aromatic rings. The highest BCUT2D eigenvalue weighted by atomic mass is 35.5. The maximum atomic E-state index is 12.2. The van der Waals surface area contributed by atoms with Gasteiger partial charge in [-0.1, -0.05) is 34.5 Å². The van der Waals surface area contributed by atoms with Gasteiger partial charge in [-0.05, 0) is 42.5 Å². The number of thiazole rings is 1. The largest absolute Gasteiger partial charge is 0.493 e. The summed E-state index contributed by atoms with van der Waals surface area (Å²) >= 11 is 13.1. The van der Waals surface area contributed by atoms with Crippen molar-refractivity contribution in [2.24, 2.45) is 4.99 Å². The van der Waals surface area contributed by atoms with Gasteiger partial charge in [-0.25, -0.2) is 19.3 Å². The van der Waals surface area contributed by atoms with Crippen molar-refractivity contribution in [3.05, 3.63) is 78.9 Å². The summed E-state index contributed by atoms with van der Waals surface area (Å²) in [4.78, 5) is 35.0. The second kappa shape index (κ2) is 7.23. The minimum atomic E-state index is -0.781. The zero-order chi connectivity index (χ0) is 19.8. The van der Waals surface area contributed by atoms with E-state index in [1.807, 2.05) is 0 Å². The Labute approximate surface area is 171 Å². The number of rotatable bonds is 3. The zero-order valence-electron chi connectivity index (χ0n) is 13.9. The maximum absolute atomic E-state index is 12.2. The van der Waals surface area contributed by atoms with E-state index < -0.39 is 17.1 Å². The molecule has 0 bridgehead atoms. The number of benzene rings is 2. The number of fused-ring (bicyclic) bond motifs is 1. The average Bonchev–Trinajstić information content (AvgIpc) is 3.04. The fourth-order valence-corrected chi connectivity index (χ4v) is 3.76. The summed E-state index contributed by atoms with van der Waals surface area (Å²) in [5, 5.41) is 11.9. The fourth-order valence-electron chi connectivity index (χ4n) is 2.55. The minimum absolute atomic E-state index is 0.174. The highest BCUT2D eigenvalue weighted by Crippen LogP contribution is 2.30. The van der Waals surface area contributed by atoms with E-state index in [2.05, 4.69) is 15.0 Å². The van der Waals surface area contributed by atoms with Crippen molar-refractivity contribution in [3.8, 4) is 11.6 Å². The number of hydrogen-bond acceptors (Lipinski definition) is 6. The van der Waals surface area contributed by atoms with Crippen molar-refractivity contribution >= 4 is 56.1 Å². The van der Waals surface area contributed by atoms with Crippen LogP contribution in [0, 0.1) is 0 Å². The average molecular weight is 433 g/mol. The van der Waals surface area contributed by atoms with Crippen LogP contribution in [0.2, 0.25) is 10.0 Å². The van der Waals surface area contributed by atoms with E-state index in [4.69, 9.17) is 23.2 Å². The SMILES string of the molecule is O=c1[nH]c(=O)n(-c2ccc(Cl)cc2)c(O)c1C=Nc1nc2ccc(Cl)cc2s1. The topological polar surface area (TPSA) is 100 Å². The van der Waals surface area contributed by atoms with Crippen LogP contribution in [0.3, 0.4) is 0 Å². The van der Waals surface area contributed by atoms with Crippen molar-refractivity contribution in [1.29, 1.82) is 0 Å². The lowest BCUT2D eigenvalue weighted by atomic mass is 10.3. The summed E-state index contributed by atoms with van der Waals surface area (Å²) in [6.07, 6.45) is 1.17. The molecule has 0 unspecified atom stereocenters. The van der Waals surface area contributed by atoms with Crippen LogP contribution < -0.4 is 11.2 Å². The van der Waals surface area contributed by atoms with Crippen LogP contribution in [0.1, 0.15) is 5.56 Å². The third-order valence-electron chi connectivity index (χ3n) is 3.85. The molecular weight excluding hydrogens is 423 g/mol. The molecule has 0 radical (unpaired) electrons. The molecule has 10 heteroatoms. The third kappa shape index (κ3) is 3.45. The van der Waals surface area contributed by atoms with Gasteiger partial charge in [0.15, 0.2) is 0 Å². The van der Waals surface area contributed by atoms with E-state index in [0.717, 1.165) is 9.27 Å². The Hall–Kier alpha value is -2.94. The van der Waals surface area contributed by atoms with Crippen LogP contribution in [0.25, 0.3) is 15.9 Å². The summed E-state index contributed by atoms with van der Waals surface area (Å²) in [5.41, 5.74) is -0.665. The molecule has 140 valence electrons. The molecule has 0 fully saturated rings. The normalized spacial score (nSPS) is 11.5. The number of halogens is 2. The summed E-state index contributed by atoms with van der Waals surface area (Å²) in [6.45, 7) is 0. The summed E-state index contributed by atoms with van der Waals surface area (Å²) in [6, 6.07) is 11.5. The highest BCUT2D eigenvalue weighted by Gasteiger charge is 2.14. The van der Waals surface area contributed by atoms with E-state index in [0.29, 0.717) is 26.4 Å². The van der Waals surface area contributed by atoms with Gasteiger partial charge in [0.1, 0.15) is 5.56 Å². The Morgan fingerprint density at radius 3 is 2.57 bits per heavy atom. The summed E-state index contributed by atoms with van der Waals surface area (Å²) in [7, 11) is 0. The first kappa shape index (κ1) is 18.4. The molecular formula is C18H10Cl2N4O3S. The van der Waals surface area contributed by atoms with Crippen molar-refractivity contribution in [2.45, 2.75) is 0 Å². The summed E-state index contributed by atoms with van der Waals surface area (Å²) in [5.74, 6) is -0.538. The molecule has 0 amide bonds. The number of nitrogens with zero attached hydrogens (tertiary/aromatic N) is 3. The van der Waals surface area contributed by atoms with E-state index >= 15 is 0 Å². The highest BCUT2D eigenvalue weighted by molar-refractivity contribution is 7.22. The van der Waals surface area contributed by atoms with Crippen molar-refractivity contribution in [3.63, 3.8) is 0 Å². The van der Waals surface area contributed by atoms with Gasteiger partial charge in [-0.3, -0.25) is 9.78 Å². The quantitative estimate of drug-likeness (QED) is 0.479. The molecule has 2 heterocycles. The number of aromatic amines is 1. The van der Waals surface area contributed by atoms with Crippen LogP contribution in [0.4, 0.5) is 5.13 Å². The lowest BCUT2D eigenvalue weighted by molar-refractivity contribution is 0.430. The van der Waals surface area contributed by atoms with E-state index in [1.165, 1.54) is 17.6 Å². The minimum Gasteiger partial charge on any atom is -0.493 e. The van der Waals surface area contributed by atoms with Crippen LogP contribution in [-0.4, -0.2) is 25.9 Å². The van der Waals surface area contributed by atoms with Gasteiger partial charge in [0.05, 0.1) is 15.9 Å². The zero-order valence-corrected chi connectivity index (χ0v) is 16.2. The number of hydrogen-bond donors (Lipinski definition) is 2. The Bertz CT molecular complexity index is 1340. The molecule has 28 heavy (non-hydrogen) atoms. The molecule has 4 rings (SSSR count). The van der Waals surface area contributed by atoms with Crippen molar-refractivity contribution in [1.82, 2.24) is 14.5 Å². The van der Waals surface area contributed by atoms with E-state index in [1.54, 1.807) is 42.5 Å². The Morgan fingerprint density at radius 2 is 1.82 bits per heavy atom. The van der Waals surface area contributed by atoms with Gasteiger partial charge >= 0.3 is 5.69 Å². The van der Waals surface area contributed by atoms with Gasteiger partial charge in [-0.15, -0.1) is 0 Å². The molecule has 0 atom stereocenters. The second-order valence-corrected chi connectivity index (χ2v) is 7.56. The molecule has 0 aliphatic carbocycles. The smallest absolute Gasteiger partial charge is 0.335 e. The fraction of sp³-hybridized carbons (Fsp3) is 0. The van der Waals surface area contributed by atoms with Gasteiger partial charge in [0.25, 0.3) is 5.56 Å². The van der Waals surface area contributed by atoms with Crippen molar-refractivity contribution < 1.29 is 5.11 Å². The van der Waals surface area contributed by atoms with Crippen molar-refractivity contribution in [2.75, 3.05) is 0 Å². The number of H-pyrrole nitrogens is 1. The van der Waals surface area contributed by atoms with E-state index in [-0.39, 0.29) is 5.56 Å². The molecule has 0 aliphatic rings. The Morgan fingerprint density at radius 1 is 1.11 bits per heavy atom. The first-order valence-electron chi connectivity index (χ1n) is 7.87. The van der Waals surface area contributed by atoms with Crippen LogP contribution in [-0.2, 0) is 0 Å². The molecule has 2 aromatic heterocycles. The monoisotopic (exact) mass is 432 g/mol. The maximum Gasteiger partial charge on any atom is 0.335 e. The predicted molar refractivity (Wildman–Crippen MR) is 111 cm³/mol. The van der Waals surface area contributed by atoms with Gasteiger partial charge in [0.2, 0.25) is 11.0 Å². The summed E-state index contributed by atoms with van der Waals surface area (Å²) < 4.78 is 1.79. The third-order valence-corrected chi connectivity index (χ3v) is 5.26. The first-order chi connectivity index (χ1) is 13.4. The second-order valence-electron chi connectivity index (χ2n) is 5.68. The molecule has 2 N–H and O–H groups in total. The Kier molecular flexibility index (Phi) is 4.76. The molecule has 0 saturated heterocycles. The number of nitrogens with one attached hydrogen (secondary N) is 1. The van der Waals surface area contributed by atoms with E-state index in [9.17, 15) is 14.7 Å². The van der Waals surface area contributed by atoms with Gasteiger partial charge in [0, 0.05) is 16.3 Å². The lowest BCUT2D eigenvalue weighted by Crippen LogP contribution is -2.31.